The molecule has 2 aromatic rings. The van der Waals surface area contributed by atoms with Crippen LogP contribution in [0.1, 0.15) is 10.4 Å². The van der Waals surface area contributed by atoms with Crippen LogP contribution in [0.4, 0.5) is 0 Å². The van der Waals surface area contributed by atoms with Gasteiger partial charge in [-0.1, -0.05) is 0 Å². The predicted molar refractivity (Wildman–Crippen MR) is 107 cm³/mol. The average Bonchev–Trinajstić information content (AvgIpc) is 3.00. The fourth-order valence-corrected chi connectivity index (χ4v) is 4.48. The molecule has 0 atom stereocenters. The molecular weight excluding hydrogens is 426 g/mol. The zero-order chi connectivity index (χ0) is 18.4. The molecule has 9 heteroatoms. The molecule has 6 nitrogen and oxygen atoms in total. The van der Waals surface area contributed by atoms with Gasteiger partial charge in [0.05, 0.1) is 9.35 Å². The van der Waals surface area contributed by atoms with Crippen LogP contribution >= 0.6 is 39.0 Å². The molecule has 0 spiro atoms. The summed E-state index contributed by atoms with van der Waals surface area (Å²) in [5.74, 6) is 1.45. The minimum Gasteiger partial charge on any atom is -0.352 e. The summed E-state index contributed by atoms with van der Waals surface area (Å²) in [6.45, 7) is 0.547. The van der Waals surface area contributed by atoms with E-state index in [9.17, 15) is 14.4 Å². The second-order valence-electron chi connectivity index (χ2n) is 5.22. The van der Waals surface area contributed by atoms with Gasteiger partial charge >= 0.3 is 5.69 Å². The van der Waals surface area contributed by atoms with Crippen molar-refractivity contribution in [2.75, 3.05) is 12.3 Å². The van der Waals surface area contributed by atoms with Crippen molar-refractivity contribution in [1.29, 1.82) is 0 Å². The number of thiophene rings is 1. The van der Waals surface area contributed by atoms with E-state index < -0.39 is 11.2 Å². The van der Waals surface area contributed by atoms with Gasteiger partial charge in [0.2, 0.25) is 5.91 Å². The van der Waals surface area contributed by atoms with Gasteiger partial charge in [0.1, 0.15) is 0 Å². The Labute approximate surface area is 161 Å². The highest BCUT2D eigenvalue weighted by Gasteiger charge is 2.04. The zero-order valence-electron chi connectivity index (χ0n) is 13.8. The number of rotatable bonds is 7. The third kappa shape index (κ3) is 5.72. The molecule has 2 heterocycles. The monoisotopic (exact) mass is 443 g/mol. The Morgan fingerprint density at radius 3 is 2.80 bits per heavy atom. The third-order valence-electron chi connectivity index (χ3n) is 3.31. The molecule has 2 aromatic heterocycles. The van der Waals surface area contributed by atoms with E-state index in [2.05, 4.69) is 27.3 Å². The summed E-state index contributed by atoms with van der Waals surface area (Å²) >= 11 is 6.88. The second-order valence-corrected chi connectivity index (χ2v) is 8.88. The number of aryl methyl sites for hydroxylation is 1. The van der Waals surface area contributed by atoms with Crippen molar-refractivity contribution in [2.45, 2.75) is 5.75 Å². The Kier molecular flexibility index (Phi) is 7.27. The van der Waals surface area contributed by atoms with Crippen LogP contribution in [0.3, 0.4) is 0 Å². The van der Waals surface area contributed by atoms with Crippen LogP contribution in [0.15, 0.2) is 37.8 Å². The molecule has 0 fully saturated rings. The number of carbonyl (C=O) groups is 1. The van der Waals surface area contributed by atoms with Crippen LogP contribution in [0.5, 0.6) is 0 Å². The Morgan fingerprint density at radius 1 is 1.36 bits per heavy atom. The number of halogens is 1. The number of nitrogens with zero attached hydrogens (tertiary/aromatic N) is 2. The van der Waals surface area contributed by atoms with Crippen LogP contribution in [0, 0.1) is 0 Å². The number of amides is 1. The largest absolute Gasteiger partial charge is 0.352 e. The molecular formula is C16H18BrN3O3S2. The van der Waals surface area contributed by atoms with Crippen molar-refractivity contribution in [2.24, 2.45) is 14.1 Å². The number of hydrogen-bond donors (Lipinski definition) is 1. The third-order valence-corrected chi connectivity index (χ3v) is 6.12. The minimum atomic E-state index is -0.426. The topological polar surface area (TPSA) is 73.1 Å². The molecule has 134 valence electrons. The molecule has 0 aromatic carbocycles. The van der Waals surface area contributed by atoms with Gasteiger partial charge in [-0.25, -0.2) is 4.79 Å². The zero-order valence-corrected chi connectivity index (χ0v) is 17.0. The molecule has 25 heavy (non-hydrogen) atoms. The SMILES string of the molecule is Cn1cc(/C=C/C(=O)NCCSCc2ccc(Br)s2)c(=O)n(C)c1=O. The maximum atomic E-state index is 12.0. The summed E-state index contributed by atoms with van der Waals surface area (Å²) in [5, 5.41) is 2.77. The van der Waals surface area contributed by atoms with Crippen LogP contribution in [-0.4, -0.2) is 27.3 Å². The summed E-state index contributed by atoms with van der Waals surface area (Å²) < 4.78 is 3.43. The van der Waals surface area contributed by atoms with Crippen molar-refractivity contribution in [1.82, 2.24) is 14.5 Å². The smallest absolute Gasteiger partial charge is 0.330 e. The molecule has 0 saturated heterocycles. The summed E-state index contributed by atoms with van der Waals surface area (Å²) in [6, 6.07) is 4.10. The van der Waals surface area contributed by atoms with Gasteiger partial charge in [-0.3, -0.25) is 14.2 Å². The first-order chi connectivity index (χ1) is 11.9. The lowest BCUT2D eigenvalue weighted by molar-refractivity contribution is -0.116. The van der Waals surface area contributed by atoms with Crippen LogP contribution in [0.25, 0.3) is 6.08 Å². The average molecular weight is 444 g/mol. The predicted octanol–water partition coefficient (Wildman–Crippen LogP) is 1.97. The lowest BCUT2D eigenvalue weighted by Crippen LogP contribution is -2.37. The molecule has 0 aliphatic carbocycles. The maximum absolute atomic E-state index is 12.0. The van der Waals surface area contributed by atoms with Gasteiger partial charge in [-0.15, -0.1) is 11.3 Å². The van der Waals surface area contributed by atoms with Crippen LogP contribution in [-0.2, 0) is 24.6 Å². The van der Waals surface area contributed by atoms with Gasteiger partial charge in [-0.2, -0.15) is 11.8 Å². The van der Waals surface area contributed by atoms with Crippen molar-refractivity contribution >= 4 is 51.0 Å². The van der Waals surface area contributed by atoms with Crippen molar-refractivity contribution in [3.05, 3.63) is 59.5 Å². The standard InChI is InChI=1S/C16H18BrN3O3S2/c1-19-9-11(15(22)20(2)16(19)23)3-6-14(21)18-7-8-24-10-12-4-5-13(17)25-12/h3-6,9H,7-8,10H2,1-2H3,(H,18,21)/b6-3+. The Bertz CT molecular complexity index is 899. The van der Waals surface area contributed by atoms with E-state index >= 15 is 0 Å². The van der Waals surface area contributed by atoms with E-state index in [1.54, 1.807) is 30.1 Å². The quantitative estimate of drug-likeness (QED) is 0.524. The molecule has 0 aliphatic heterocycles. The Morgan fingerprint density at radius 2 is 2.12 bits per heavy atom. The van der Waals surface area contributed by atoms with Crippen molar-refractivity contribution < 1.29 is 4.79 Å². The molecule has 2 rings (SSSR count). The lowest BCUT2D eigenvalue weighted by Gasteiger charge is -2.04. The fraction of sp³-hybridized carbons (Fsp3) is 0.312. The number of aromatic nitrogens is 2. The summed E-state index contributed by atoms with van der Waals surface area (Å²) in [4.78, 5) is 36.7. The van der Waals surface area contributed by atoms with Crippen LogP contribution < -0.4 is 16.6 Å². The van der Waals surface area contributed by atoms with E-state index in [1.807, 2.05) is 6.07 Å². The minimum absolute atomic E-state index is 0.268. The molecule has 0 aliphatic rings. The number of nitrogens with one attached hydrogen (secondary N) is 1. The fourth-order valence-electron chi connectivity index (χ4n) is 2.02. The van der Waals surface area contributed by atoms with Crippen LogP contribution in [0.2, 0.25) is 0 Å². The van der Waals surface area contributed by atoms with Crippen molar-refractivity contribution in [3.63, 3.8) is 0 Å². The van der Waals surface area contributed by atoms with Gasteiger partial charge in [0, 0.05) is 49.3 Å². The first kappa shape index (κ1) is 19.7. The van der Waals surface area contributed by atoms with E-state index in [0.717, 1.165) is 19.9 Å². The van der Waals surface area contributed by atoms with Gasteiger partial charge in [0.25, 0.3) is 5.56 Å². The number of carbonyl (C=O) groups excluding carboxylic acids is 1. The molecule has 0 unspecified atom stereocenters. The first-order valence-corrected chi connectivity index (χ1v) is 10.2. The molecule has 0 saturated carbocycles. The van der Waals surface area contributed by atoms with E-state index in [4.69, 9.17) is 0 Å². The number of hydrogen-bond acceptors (Lipinski definition) is 5. The van der Waals surface area contributed by atoms with Gasteiger partial charge < -0.3 is 9.88 Å². The maximum Gasteiger partial charge on any atom is 0.330 e. The highest BCUT2D eigenvalue weighted by Crippen LogP contribution is 2.25. The normalized spacial score (nSPS) is 11.2. The Balaban J connectivity index is 1.79. The molecule has 0 bridgehead atoms. The second kappa shape index (κ2) is 9.21. The molecule has 1 amide bonds. The Hall–Kier alpha value is -1.58. The van der Waals surface area contributed by atoms with Gasteiger partial charge in [-0.05, 0) is 34.1 Å². The first-order valence-electron chi connectivity index (χ1n) is 7.43. The molecule has 1 N–H and O–H groups in total. The lowest BCUT2D eigenvalue weighted by atomic mass is 10.3. The van der Waals surface area contributed by atoms with E-state index in [0.29, 0.717) is 6.54 Å². The van der Waals surface area contributed by atoms with Crippen molar-refractivity contribution in [3.8, 4) is 0 Å². The van der Waals surface area contributed by atoms with E-state index in [1.165, 1.54) is 34.8 Å². The van der Waals surface area contributed by atoms with Gasteiger partial charge in [0.15, 0.2) is 0 Å². The number of thioether (sulfide) groups is 1. The molecule has 0 radical (unpaired) electrons. The summed E-state index contributed by atoms with van der Waals surface area (Å²) in [7, 11) is 2.97. The summed E-state index contributed by atoms with van der Waals surface area (Å²) in [6.07, 6.45) is 4.15. The summed E-state index contributed by atoms with van der Waals surface area (Å²) in [5.41, 5.74) is -0.538. The highest BCUT2D eigenvalue weighted by molar-refractivity contribution is 9.11. The highest BCUT2D eigenvalue weighted by atomic mass is 79.9. The van der Waals surface area contributed by atoms with E-state index in [-0.39, 0.29) is 11.5 Å².